The molecule has 6 nitrogen and oxygen atoms in total. The minimum Gasteiger partial charge on any atom is -0.479 e. The number of aliphatic carboxylic acids is 1. The largest absolute Gasteiger partial charge is 0.479 e. The van der Waals surface area contributed by atoms with Gasteiger partial charge in [0.25, 0.3) is 5.91 Å². The molecule has 3 rings (SSSR count). The maximum Gasteiger partial charge on any atom is 0.331 e. The molecule has 0 aromatic carbocycles. The van der Waals surface area contributed by atoms with Crippen LogP contribution in [-0.2, 0) is 11.2 Å². The summed E-state index contributed by atoms with van der Waals surface area (Å²) in [4.78, 5) is 29.7. The van der Waals surface area contributed by atoms with Gasteiger partial charge in [-0.1, -0.05) is 0 Å². The molecule has 1 unspecified atom stereocenters. The third-order valence-electron chi connectivity index (χ3n) is 3.53. The number of hydrogen-bond acceptors (Lipinski definition) is 5. The highest BCUT2D eigenvalue weighted by Crippen LogP contribution is 2.36. The van der Waals surface area contributed by atoms with Crippen molar-refractivity contribution in [2.24, 2.45) is 5.73 Å². The fourth-order valence-corrected chi connectivity index (χ4v) is 3.50. The molecular formula is C14H13N3O3S. The van der Waals surface area contributed by atoms with Crippen LogP contribution in [0.2, 0.25) is 0 Å². The highest BCUT2D eigenvalue weighted by molar-refractivity contribution is 7.10. The molecule has 0 saturated heterocycles. The van der Waals surface area contributed by atoms with Crippen LogP contribution in [0.25, 0.3) is 0 Å². The SMILES string of the molecule is NC(=O)c1cc(N2CCc3sccc3C2C(=O)O)ccn1. The Morgan fingerprint density at radius 3 is 2.95 bits per heavy atom. The van der Waals surface area contributed by atoms with Gasteiger partial charge in [0, 0.05) is 23.3 Å². The van der Waals surface area contributed by atoms with Crippen LogP contribution in [-0.4, -0.2) is 28.5 Å². The lowest BCUT2D eigenvalue weighted by Crippen LogP contribution is -2.39. The van der Waals surface area contributed by atoms with Crippen molar-refractivity contribution in [3.63, 3.8) is 0 Å². The molecule has 3 heterocycles. The molecule has 0 bridgehead atoms. The molecule has 3 N–H and O–H groups in total. The summed E-state index contributed by atoms with van der Waals surface area (Å²) in [6.45, 7) is 0.576. The highest BCUT2D eigenvalue weighted by Gasteiger charge is 2.34. The summed E-state index contributed by atoms with van der Waals surface area (Å²) < 4.78 is 0. The second-order valence-electron chi connectivity index (χ2n) is 4.75. The topological polar surface area (TPSA) is 96.5 Å². The molecule has 0 spiro atoms. The van der Waals surface area contributed by atoms with Gasteiger partial charge in [-0.2, -0.15) is 0 Å². The molecule has 0 fully saturated rings. The van der Waals surface area contributed by atoms with Crippen molar-refractivity contribution in [3.05, 3.63) is 45.9 Å². The predicted molar refractivity (Wildman–Crippen MR) is 78.5 cm³/mol. The van der Waals surface area contributed by atoms with Gasteiger partial charge >= 0.3 is 5.97 Å². The average Bonchev–Trinajstić information content (AvgIpc) is 2.94. The fraction of sp³-hybridized carbons (Fsp3) is 0.214. The fourth-order valence-electron chi connectivity index (χ4n) is 2.59. The Morgan fingerprint density at radius 2 is 2.24 bits per heavy atom. The number of carbonyl (C=O) groups is 2. The van der Waals surface area contributed by atoms with Crippen molar-refractivity contribution in [2.45, 2.75) is 12.5 Å². The van der Waals surface area contributed by atoms with Crippen molar-refractivity contribution in [2.75, 3.05) is 11.4 Å². The second kappa shape index (κ2) is 5.17. The van der Waals surface area contributed by atoms with E-state index in [1.54, 1.807) is 22.3 Å². The summed E-state index contributed by atoms with van der Waals surface area (Å²) in [7, 11) is 0. The summed E-state index contributed by atoms with van der Waals surface area (Å²) in [6, 6.07) is 4.33. The van der Waals surface area contributed by atoms with Crippen LogP contribution in [0, 0.1) is 0 Å². The standard InChI is InChI=1S/C14H13N3O3S/c15-13(18)10-7-8(1-4-16-10)17-5-2-11-9(3-6-21-11)12(17)14(19)20/h1,3-4,6-7,12H,2,5H2,(H2,15,18)(H,19,20). The molecule has 7 heteroatoms. The van der Waals surface area contributed by atoms with E-state index in [4.69, 9.17) is 5.73 Å². The van der Waals surface area contributed by atoms with Crippen molar-refractivity contribution in [3.8, 4) is 0 Å². The van der Waals surface area contributed by atoms with E-state index in [-0.39, 0.29) is 5.69 Å². The van der Waals surface area contributed by atoms with Gasteiger partial charge < -0.3 is 15.7 Å². The molecule has 2 aromatic heterocycles. The first-order chi connectivity index (χ1) is 10.1. The van der Waals surface area contributed by atoms with Gasteiger partial charge in [-0.15, -0.1) is 11.3 Å². The number of nitrogens with zero attached hydrogens (tertiary/aromatic N) is 2. The van der Waals surface area contributed by atoms with Crippen LogP contribution >= 0.6 is 11.3 Å². The van der Waals surface area contributed by atoms with Gasteiger partial charge in [0.2, 0.25) is 0 Å². The zero-order chi connectivity index (χ0) is 15.0. The number of pyridine rings is 1. The van der Waals surface area contributed by atoms with Crippen LogP contribution in [0.4, 0.5) is 5.69 Å². The molecule has 1 aliphatic heterocycles. The van der Waals surface area contributed by atoms with E-state index in [0.29, 0.717) is 12.2 Å². The number of aromatic nitrogens is 1. The van der Waals surface area contributed by atoms with Crippen LogP contribution in [0.5, 0.6) is 0 Å². The zero-order valence-electron chi connectivity index (χ0n) is 11.0. The zero-order valence-corrected chi connectivity index (χ0v) is 11.8. The highest BCUT2D eigenvalue weighted by atomic mass is 32.1. The Balaban J connectivity index is 2.04. The van der Waals surface area contributed by atoms with Gasteiger partial charge in [-0.05, 0) is 35.6 Å². The van der Waals surface area contributed by atoms with Crippen molar-refractivity contribution in [1.29, 1.82) is 0 Å². The molecule has 1 amide bonds. The Labute approximate surface area is 124 Å². The van der Waals surface area contributed by atoms with E-state index >= 15 is 0 Å². The van der Waals surface area contributed by atoms with E-state index in [1.165, 1.54) is 12.3 Å². The summed E-state index contributed by atoms with van der Waals surface area (Å²) in [5.41, 5.74) is 6.82. The van der Waals surface area contributed by atoms with E-state index in [1.807, 2.05) is 11.4 Å². The van der Waals surface area contributed by atoms with Gasteiger partial charge in [-0.3, -0.25) is 9.78 Å². The number of nitrogens with two attached hydrogens (primary N) is 1. The Morgan fingerprint density at radius 1 is 1.43 bits per heavy atom. The summed E-state index contributed by atoms with van der Waals surface area (Å²) in [5, 5.41) is 11.5. The maximum absolute atomic E-state index is 11.7. The monoisotopic (exact) mass is 303 g/mol. The number of anilines is 1. The van der Waals surface area contributed by atoms with Gasteiger partial charge in [0.05, 0.1) is 0 Å². The predicted octanol–water partition coefficient (Wildman–Crippen LogP) is 1.43. The normalized spacial score (nSPS) is 17.3. The van der Waals surface area contributed by atoms with Crippen molar-refractivity contribution >= 4 is 28.9 Å². The number of rotatable bonds is 3. The number of fused-ring (bicyclic) bond motifs is 1. The molecule has 2 aromatic rings. The van der Waals surface area contributed by atoms with Gasteiger partial charge in [0.1, 0.15) is 5.69 Å². The van der Waals surface area contributed by atoms with Crippen molar-refractivity contribution in [1.82, 2.24) is 4.98 Å². The Hall–Kier alpha value is -2.41. The van der Waals surface area contributed by atoms with Crippen LogP contribution in [0.3, 0.4) is 0 Å². The van der Waals surface area contributed by atoms with E-state index < -0.39 is 17.9 Å². The first-order valence-corrected chi connectivity index (χ1v) is 7.27. The molecule has 0 aliphatic carbocycles. The molecule has 0 radical (unpaired) electrons. The Kier molecular flexibility index (Phi) is 3.34. The van der Waals surface area contributed by atoms with Gasteiger partial charge in [0.15, 0.2) is 6.04 Å². The van der Waals surface area contributed by atoms with Crippen LogP contribution in [0.1, 0.15) is 27.0 Å². The van der Waals surface area contributed by atoms with Crippen LogP contribution < -0.4 is 10.6 Å². The van der Waals surface area contributed by atoms with Crippen molar-refractivity contribution < 1.29 is 14.7 Å². The number of carbonyl (C=O) groups excluding carboxylic acids is 1. The first kappa shape index (κ1) is 13.6. The molecule has 1 atom stereocenters. The third-order valence-corrected chi connectivity index (χ3v) is 4.52. The average molecular weight is 303 g/mol. The molecule has 21 heavy (non-hydrogen) atoms. The van der Waals surface area contributed by atoms with Gasteiger partial charge in [-0.25, -0.2) is 4.79 Å². The lowest BCUT2D eigenvalue weighted by atomic mass is 9.99. The van der Waals surface area contributed by atoms with Crippen LogP contribution in [0.15, 0.2) is 29.8 Å². The lowest BCUT2D eigenvalue weighted by Gasteiger charge is -2.35. The Bertz CT molecular complexity index is 713. The third kappa shape index (κ3) is 2.36. The lowest BCUT2D eigenvalue weighted by molar-refractivity contribution is -0.138. The van der Waals surface area contributed by atoms with E-state index in [0.717, 1.165) is 16.9 Å². The summed E-state index contributed by atoms with van der Waals surface area (Å²) in [5.74, 6) is -1.54. The quantitative estimate of drug-likeness (QED) is 0.894. The number of amides is 1. The molecular weight excluding hydrogens is 290 g/mol. The number of carboxylic acids is 1. The van der Waals surface area contributed by atoms with E-state index in [9.17, 15) is 14.7 Å². The smallest absolute Gasteiger partial charge is 0.331 e. The first-order valence-electron chi connectivity index (χ1n) is 6.39. The number of thiophene rings is 1. The molecule has 108 valence electrons. The molecule has 0 saturated carbocycles. The minimum atomic E-state index is -0.910. The minimum absolute atomic E-state index is 0.132. The molecule has 1 aliphatic rings. The second-order valence-corrected chi connectivity index (χ2v) is 5.75. The van der Waals surface area contributed by atoms with E-state index in [2.05, 4.69) is 4.98 Å². The summed E-state index contributed by atoms with van der Waals surface area (Å²) >= 11 is 1.58. The number of hydrogen-bond donors (Lipinski definition) is 2. The summed E-state index contributed by atoms with van der Waals surface area (Å²) in [6.07, 6.45) is 2.25. The number of carboxylic acid groups (broad SMARTS) is 1. The maximum atomic E-state index is 11.7. The number of primary amides is 1.